The van der Waals surface area contributed by atoms with Crippen molar-refractivity contribution in [2.24, 2.45) is 0 Å². The van der Waals surface area contributed by atoms with Crippen molar-refractivity contribution < 1.29 is 254 Å². The van der Waals surface area contributed by atoms with Crippen LogP contribution in [-0.2, 0) is 119 Å². The standard InChI is InChI=1S/C36H60O30.6H2O4S/c37-1-7-25-13(43)19(49)31(55-7)62-26-8(2-38)57-33(21(51)15(26)45)64-28-10(4-40)59-35(23(53)17(28)47)66-30-12(6-42)60-36(24(54)18(30)48)65-29-11(5-41)58-34(22(52)16(29)46)63-27-9(3-39)56-32(61-25)20(50)14(27)44;6*1-5(2,3)4/h7-54H,1-6H2;6*(H2,1,2,3,4)/t7-,8-,9-,10-,11-,12-,13-,14-,15-,16-,17-,18-,19-,20-,21-,22-,23-,24-,25-,26-,27-,28-,29-,30-,31-,32-,33-,34-,35-,36-;;;;;;/m1....../s1. The summed E-state index contributed by atoms with van der Waals surface area (Å²) < 4.78 is 257. The molecule has 30 atom stereocenters. The van der Waals surface area contributed by atoms with E-state index in [9.17, 15) is 91.9 Å². The van der Waals surface area contributed by atoms with E-state index in [-0.39, 0.29) is 0 Å². The number of ether oxygens (including phenoxy) is 12. The highest BCUT2D eigenvalue weighted by molar-refractivity contribution is 7.81. The molecule has 22 saturated heterocycles. The van der Waals surface area contributed by atoms with E-state index < -0.39 is 286 Å². The molecule has 30 N–H and O–H groups in total. The minimum atomic E-state index is -4.67. The average molecular weight is 1560 g/mol. The van der Waals surface area contributed by atoms with Crippen molar-refractivity contribution in [1.29, 1.82) is 0 Å². The Labute approximate surface area is 538 Å². The van der Waals surface area contributed by atoms with Gasteiger partial charge in [-0.2, -0.15) is 50.5 Å². The number of rotatable bonds is 6. The molecule has 0 saturated carbocycles. The summed E-state index contributed by atoms with van der Waals surface area (Å²) in [6.45, 7) is -5.99. The summed E-state index contributed by atoms with van der Waals surface area (Å²) in [5.41, 5.74) is 0. The topological polar surface area (TPSA) is 923 Å². The van der Waals surface area contributed by atoms with Gasteiger partial charge in [0.05, 0.1) is 39.6 Å². The van der Waals surface area contributed by atoms with Gasteiger partial charge in [-0.15, -0.1) is 0 Å². The summed E-state index contributed by atoms with van der Waals surface area (Å²) in [5, 5.41) is 196. The molecule has 22 aliphatic heterocycles. The largest absolute Gasteiger partial charge is 0.394 e. The maximum Gasteiger partial charge on any atom is 0.394 e. The fourth-order valence-corrected chi connectivity index (χ4v) is 8.93. The first-order chi connectivity index (χ1) is 43.4. The van der Waals surface area contributed by atoms with E-state index >= 15 is 0 Å². The molecule has 0 amide bonds. The maximum absolute atomic E-state index is 11.2. The molecule has 0 spiro atoms. The van der Waals surface area contributed by atoms with Crippen LogP contribution in [-0.4, -0.2) is 421 Å². The predicted octanol–water partition coefficient (Wildman–Crippen LogP) is -17.0. The lowest BCUT2D eigenvalue weighted by Gasteiger charge is -2.50. The molecule has 12 bridgehead atoms. The van der Waals surface area contributed by atoms with Gasteiger partial charge in [0.1, 0.15) is 146 Å². The van der Waals surface area contributed by atoms with Gasteiger partial charge in [-0.1, -0.05) is 0 Å². The number of hydrogen-bond acceptors (Lipinski definition) is 42. The third-order valence-electron chi connectivity index (χ3n) is 12.7. The summed E-state index contributed by atoms with van der Waals surface area (Å²) in [6, 6.07) is 0. The summed E-state index contributed by atoms with van der Waals surface area (Å²) >= 11 is 0. The lowest BCUT2D eigenvalue weighted by Crippen LogP contribution is -2.69. The monoisotopic (exact) mass is 1560 g/mol. The van der Waals surface area contributed by atoms with E-state index in [1.165, 1.54) is 0 Å². The average Bonchev–Trinajstić information content (AvgIpc) is 0.970. The minimum Gasteiger partial charge on any atom is -0.394 e. The van der Waals surface area contributed by atoms with Crippen molar-refractivity contribution in [3.63, 3.8) is 0 Å². The Morgan fingerprint density at radius 1 is 0.177 bits per heavy atom. The molecule has 22 heterocycles. The third kappa shape index (κ3) is 32.1. The molecular formula is C36H72O54S6. The van der Waals surface area contributed by atoms with Gasteiger partial charge >= 0.3 is 62.4 Å². The van der Waals surface area contributed by atoms with Gasteiger partial charge in [0, 0.05) is 0 Å². The van der Waals surface area contributed by atoms with Gasteiger partial charge < -0.3 is 149 Å². The second kappa shape index (κ2) is 39.1. The zero-order valence-corrected chi connectivity index (χ0v) is 52.1. The molecule has 96 heavy (non-hydrogen) atoms. The Morgan fingerprint density at radius 3 is 0.333 bits per heavy atom. The Morgan fingerprint density at radius 2 is 0.260 bits per heavy atom. The Hall–Kier alpha value is -1.98. The van der Waals surface area contributed by atoms with Crippen LogP contribution in [0, 0.1) is 0 Å². The highest BCUT2D eigenvalue weighted by Crippen LogP contribution is 2.38. The number of aliphatic hydroxyl groups is 18. The zero-order chi connectivity index (χ0) is 75.0. The van der Waals surface area contributed by atoms with Crippen LogP contribution in [0.25, 0.3) is 0 Å². The van der Waals surface area contributed by atoms with E-state index in [2.05, 4.69) is 0 Å². The van der Waals surface area contributed by atoms with Crippen LogP contribution in [0.2, 0.25) is 0 Å². The van der Waals surface area contributed by atoms with Gasteiger partial charge in [-0.25, -0.2) is 0 Å². The van der Waals surface area contributed by atoms with E-state index in [1.54, 1.807) is 0 Å². The molecule has 0 aliphatic carbocycles. The zero-order valence-electron chi connectivity index (χ0n) is 47.2. The van der Waals surface area contributed by atoms with Crippen LogP contribution < -0.4 is 0 Å². The molecule has 576 valence electrons. The molecule has 0 aromatic carbocycles. The van der Waals surface area contributed by atoms with Gasteiger partial charge in [0.15, 0.2) is 37.7 Å². The van der Waals surface area contributed by atoms with E-state index in [1.807, 2.05) is 0 Å². The van der Waals surface area contributed by atoms with Crippen molar-refractivity contribution in [2.75, 3.05) is 39.6 Å². The molecule has 22 fully saturated rings. The van der Waals surface area contributed by atoms with E-state index in [4.69, 9.17) is 162 Å². The van der Waals surface area contributed by atoms with Gasteiger partial charge in [-0.3, -0.25) is 54.6 Å². The molecule has 22 aliphatic rings. The van der Waals surface area contributed by atoms with Crippen molar-refractivity contribution in [3.05, 3.63) is 0 Å². The first-order valence-corrected chi connectivity index (χ1v) is 33.7. The van der Waals surface area contributed by atoms with Crippen LogP contribution in [0.1, 0.15) is 0 Å². The molecule has 60 heteroatoms. The van der Waals surface area contributed by atoms with Gasteiger partial charge in [0.2, 0.25) is 0 Å². The summed E-state index contributed by atoms with van der Waals surface area (Å²) in [5.74, 6) is 0. The molecule has 0 aromatic rings. The smallest absolute Gasteiger partial charge is 0.394 e. The number of hydrogen-bond donors (Lipinski definition) is 30. The molecule has 22 rings (SSSR count). The van der Waals surface area contributed by atoms with Crippen molar-refractivity contribution >= 4 is 62.4 Å². The van der Waals surface area contributed by atoms with Gasteiger partial charge in [0.25, 0.3) is 0 Å². The molecule has 0 radical (unpaired) electrons. The molecule has 0 aromatic heterocycles. The first kappa shape index (κ1) is 92.0. The summed E-state index contributed by atoms with van der Waals surface area (Å²) in [6.07, 6.45) is -58.5. The van der Waals surface area contributed by atoms with Crippen LogP contribution >= 0.6 is 0 Å². The predicted molar refractivity (Wildman–Crippen MR) is 281 cm³/mol. The SMILES string of the molecule is O=S(=O)(O)O.O=S(=O)(O)O.O=S(=O)(O)O.O=S(=O)(O)O.O=S(=O)(O)O.O=S(=O)(O)O.OC[C@H]1O[C@@H]2O[C@H]3[C@H](O)[C@@H](O)[C@@H](O[C@H]4[C@H](O)[C@@H](O)[C@@H](O[C@H]5[C@H](O)[C@@H](O)[C@@H](O[C@H]6[C@H](O)[C@@H](O)[C@@H](O[C@H]7[C@H](O)[C@@H](O)[C@@H](O[C@H]1[C@H](O)[C@H]2O)O[C@@H]7CO)O[C@@H]6CO)O[C@@H]5CO)O[C@@H]4CO)O[C@@H]3CO. The van der Waals surface area contributed by atoms with Crippen LogP contribution in [0.4, 0.5) is 0 Å². The maximum atomic E-state index is 11.2. The Balaban J connectivity index is 0.00000128. The summed E-state index contributed by atoms with van der Waals surface area (Å²) in [7, 11) is -28.0. The number of aliphatic hydroxyl groups excluding tert-OH is 18. The Kier molecular flexibility index (Phi) is 37.4. The second-order valence-corrected chi connectivity index (χ2v) is 24.9. The normalized spacial score (nSPS) is 41.7. The van der Waals surface area contributed by atoms with Crippen LogP contribution in [0.15, 0.2) is 0 Å². The minimum absolute atomic E-state index is 0.999. The van der Waals surface area contributed by atoms with Crippen molar-refractivity contribution in [1.82, 2.24) is 0 Å². The lowest BCUT2D eigenvalue weighted by molar-refractivity contribution is -0.404. The van der Waals surface area contributed by atoms with Crippen LogP contribution in [0.5, 0.6) is 0 Å². The van der Waals surface area contributed by atoms with Crippen molar-refractivity contribution in [2.45, 2.75) is 184 Å². The summed E-state index contributed by atoms with van der Waals surface area (Å²) in [4.78, 5) is 0. The molecule has 0 unspecified atom stereocenters. The lowest BCUT2D eigenvalue weighted by atomic mass is 9.94. The molecule has 54 nitrogen and oxygen atoms in total. The molecular weight excluding hydrogens is 1490 g/mol. The second-order valence-electron chi connectivity index (χ2n) is 19.5. The van der Waals surface area contributed by atoms with Gasteiger partial charge in [-0.05, 0) is 0 Å². The highest BCUT2D eigenvalue weighted by Gasteiger charge is 2.59. The highest BCUT2D eigenvalue weighted by atomic mass is 32.3. The third-order valence-corrected chi connectivity index (χ3v) is 12.7. The fourth-order valence-electron chi connectivity index (χ4n) is 8.93. The quantitative estimate of drug-likeness (QED) is 0.110. The van der Waals surface area contributed by atoms with E-state index in [0.717, 1.165) is 0 Å². The Bertz CT molecular complexity index is 2410. The first-order valence-electron chi connectivity index (χ1n) is 25.3. The van der Waals surface area contributed by atoms with Crippen LogP contribution in [0.3, 0.4) is 0 Å². The van der Waals surface area contributed by atoms with E-state index in [0.29, 0.717) is 0 Å². The van der Waals surface area contributed by atoms with Crippen molar-refractivity contribution in [3.8, 4) is 0 Å². The fraction of sp³-hybridized carbons (Fsp3) is 1.00.